The van der Waals surface area contributed by atoms with Gasteiger partial charge in [-0.05, 0) is 24.1 Å². The fraction of sp³-hybridized carbons (Fsp3) is 0.222. The van der Waals surface area contributed by atoms with E-state index in [1.807, 2.05) is 24.3 Å². The Balaban J connectivity index is 2.64. The molecule has 0 radical (unpaired) electrons. The molecule has 1 aromatic carbocycles. The van der Waals surface area contributed by atoms with Gasteiger partial charge in [0.05, 0.1) is 0 Å². The molecular weight excluding hydrogens is 166 g/mol. The van der Waals surface area contributed by atoms with Crippen molar-refractivity contribution in [3.05, 3.63) is 29.8 Å². The molecular formula is C9H13N3O. The average molecular weight is 179 g/mol. The zero-order valence-electron chi connectivity index (χ0n) is 7.25. The van der Waals surface area contributed by atoms with Gasteiger partial charge in [0.1, 0.15) is 0 Å². The van der Waals surface area contributed by atoms with E-state index in [1.165, 1.54) is 0 Å². The predicted molar refractivity (Wildman–Crippen MR) is 52.8 cm³/mol. The maximum Gasteiger partial charge on any atom is 0.190 e. The quantitative estimate of drug-likeness (QED) is 0.403. The first-order valence-electron chi connectivity index (χ1n) is 4.03. The zero-order chi connectivity index (χ0) is 9.68. The molecule has 4 heteroatoms. The van der Waals surface area contributed by atoms with Crippen molar-refractivity contribution in [2.45, 2.75) is 6.42 Å². The Morgan fingerprint density at radius 3 is 2.46 bits per heavy atom. The van der Waals surface area contributed by atoms with Crippen molar-refractivity contribution < 1.29 is 5.11 Å². The first kappa shape index (κ1) is 9.54. The lowest BCUT2D eigenvalue weighted by Crippen LogP contribution is -2.20. The Morgan fingerprint density at radius 2 is 2.00 bits per heavy atom. The number of nitrogens with one attached hydrogen (secondary N) is 2. The highest BCUT2D eigenvalue weighted by molar-refractivity contribution is 5.89. The van der Waals surface area contributed by atoms with Crippen LogP contribution in [0.3, 0.4) is 0 Å². The van der Waals surface area contributed by atoms with Crippen molar-refractivity contribution in [1.29, 1.82) is 5.41 Å². The minimum Gasteiger partial charge on any atom is -0.396 e. The molecule has 13 heavy (non-hydrogen) atoms. The molecule has 1 rings (SSSR count). The summed E-state index contributed by atoms with van der Waals surface area (Å²) in [5, 5.41) is 18.3. The van der Waals surface area contributed by atoms with Gasteiger partial charge in [-0.3, -0.25) is 5.41 Å². The molecule has 0 unspecified atom stereocenters. The van der Waals surface area contributed by atoms with Gasteiger partial charge in [-0.25, -0.2) is 0 Å². The zero-order valence-corrected chi connectivity index (χ0v) is 7.25. The highest BCUT2D eigenvalue weighted by Gasteiger charge is 1.94. The lowest BCUT2D eigenvalue weighted by Gasteiger charge is -2.04. The van der Waals surface area contributed by atoms with E-state index in [1.54, 1.807) is 0 Å². The highest BCUT2D eigenvalue weighted by Crippen LogP contribution is 2.08. The maximum atomic E-state index is 8.66. The van der Waals surface area contributed by atoms with Crippen molar-refractivity contribution in [3.63, 3.8) is 0 Å². The number of aliphatic hydroxyl groups is 1. The summed E-state index contributed by atoms with van der Waals surface area (Å²) in [4.78, 5) is 0. The standard InChI is InChI=1S/C9H13N3O/c10-9(11)12-8-3-1-7(2-4-8)5-6-13/h1-4,13H,5-6H2,(H4,10,11,12). The van der Waals surface area contributed by atoms with Crippen LogP contribution in [0.15, 0.2) is 24.3 Å². The van der Waals surface area contributed by atoms with Crippen molar-refractivity contribution in [3.8, 4) is 0 Å². The van der Waals surface area contributed by atoms with Gasteiger partial charge in [0.25, 0.3) is 0 Å². The summed E-state index contributed by atoms with van der Waals surface area (Å²) in [6, 6.07) is 7.43. The molecule has 0 aromatic heterocycles. The van der Waals surface area contributed by atoms with Crippen LogP contribution in [0.5, 0.6) is 0 Å². The number of benzene rings is 1. The van der Waals surface area contributed by atoms with Crippen molar-refractivity contribution in [2.24, 2.45) is 5.73 Å². The topological polar surface area (TPSA) is 82.1 Å². The lowest BCUT2D eigenvalue weighted by molar-refractivity contribution is 0.299. The number of aliphatic hydroxyl groups excluding tert-OH is 1. The Kier molecular flexibility index (Phi) is 3.28. The second-order valence-corrected chi connectivity index (χ2v) is 2.71. The fourth-order valence-corrected chi connectivity index (χ4v) is 1.04. The van der Waals surface area contributed by atoms with E-state index in [2.05, 4.69) is 5.32 Å². The predicted octanol–water partition coefficient (Wildman–Crippen LogP) is 0.527. The summed E-state index contributed by atoms with van der Waals surface area (Å²) in [5.41, 5.74) is 7.01. The van der Waals surface area contributed by atoms with Crippen molar-refractivity contribution in [1.82, 2.24) is 0 Å². The van der Waals surface area contributed by atoms with Crippen molar-refractivity contribution >= 4 is 11.6 Å². The number of guanidine groups is 1. The third-order valence-corrected chi connectivity index (χ3v) is 1.63. The fourth-order valence-electron chi connectivity index (χ4n) is 1.04. The summed E-state index contributed by atoms with van der Waals surface area (Å²) in [6.07, 6.45) is 0.653. The number of hydrogen-bond donors (Lipinski definition) is 4. The molecule has 0 amide bonds. The third-order valence-electron chi connectivity index (χ3n) is 1.63. The Labute approximate surface area is 76.9 Å². The smallest absolute Gasteiger partial charge is 0.190 e. The van der Waals surface area contributed by atoms with Gasteiger partial charge in [-0.15, -0.1) is 0 Å². The van der Waals surface area contributed by atoms with Crippen molar-refractivity contribution in [2.75, 3.05) is 11.9 Å². The molecule has 0 atom stereocenters. The molecule has 70 valence electrons. The monoisotopic (exact) mass is 179 g/mol. The van der Waals surface area contributed by atoms with Gasteiger partial charge in [0, 0.05) is 12.3 Å². The highest BCUT2D eigenvalue weighted by atomic mass is 16.2. The molecule has 0 aliphatic heterocycles. The molecule has 4 nitrogen and oxygen atoms in total. The SMILES string of the molecule is N=C(N)Nc1ccc(CCO)cc1. The Bertz CT molecular complexity index is 281. The van der Waals surface area contributed by atoms with Gasteiger partial charge in [-0.2, -0.15) is 0 Å². The first-order valence-corrected chi connectivity index (χ1v) is 4.03. The van der Waals surface area contributed by atoms with E-state index in [-0.39, 0.29) is 12.6 Å². The van der Waals surface area contributed by atoms with Crippen LogP contribution in [0.25, 0.3) is 0 Å². The second-order valence-electron chi connectivity index (χ2n) is 2.71. The van der Waals surface area contributed by atoms with E-state index in [0.29, 0.717) is 6.42 Å². The maximum absolute atomic E-state index is 8.66. The van der Waals surface area contributed by atoms with Gasteiger partial charge in [0.2, 0.25) is 0 Å². The number of hydrogen-bond acceptors (Lipinski definition) is 2. The summed E-state index contributed by atoms with van der Waals surface area (Å²) < 4.78 is 0. The molecule has 0 aliphatic rings. The molecule has 0 heterocycles. The number of nitrogens with two attached hydrogens (primary N) is 1. The van der Waals surface area contributed by atoms with E-state index >= 15 is 0 Å². The van der Waals surface area contributed by atoms with Gasteiger partial charge >= 0.3 is 0 Å². The number of anilines is 1. The molecule has 0 saturated carbocycles. The van der Waals surface area contributed by atoms with Crippen LogP contribution >= 0.6 is 0 Å². The van der Waals surface area contributed by atoms with Crippen LogP contribution in [-0.4, -0.2) is 17.7 Å². The lowest BCUT2D eigenvalue weighted by atomic mass is 10.1. The average Bonchev–Trinajstić information content (AvgIpc) is 2.08. The van der Waals surface area contributed by atoms with Gasteiger partial charge in [0.15, 0.2) is 5.96 Å². The molecule has 5 N–H and O–H groups in total. The third kappa shape index (κ3) is 3.13. The van der Waals surface area contributed by atoms with Gasteiger partial charge < -0.3 is 16.2 Å². The molecule has 0 bridgehead atoms. The largest absolute Gasteiger partial charge is 0.396 e. The molecule has 0 fully saturated rings. The van der Waals surface area contributed by atoms with Crippen LogP contribution in [0.4, 0.5) is 5.69 Å². The Morgan fingerprint density at radius 1 is 1.38 bits per heavy atom. The summed E-state index contributed by atoms with van der Waals surface area (Å²) in [5.74, 6) is -0.0742. The summed E-state index contributed by atoms with van der Waals surface area (Å²) in [6.45, 7) is 0.152. The normalized spacial score (nSPS) is 9.62. The van der Waals surface area contributed by atoms with E-state index in [0.717, 1.165) is 11.3 Å². The molecule has 0 aliphatic carbocycles. The molecule has 0 spiro atoms. The molecule has 0 saturated heterocycles. The van der Waals surface area contributed by atoms with E-state index < -0.39 is 0 Å². The summed E-state index contributed by atoms with van der Waals surface area (Å²) in [7, 11) is 0. The van der Waals surface area contributed by atoms with Gasteiger partial charge in [-0.1, -0.05) is 12.1 Å². The Hall–Kier alpha value is -1.55. The van der Waals surface area contributed by atoms with Crippen LogP contribution in [0, 0.1) is 5.41 Å². The van der Waals surface area contributed by atoms with E-state index in [4.69, 9.17) is 16.2 Å². The second kappa shape index (κ2) is 4.47. The number of rotatable bonds is 3. The van der Waals surface area contributed by atoms with Crippen LogP contribution in [0.1, 0.15) is 5.56 Å². The van der Waals surface area contributed by atoms with Crippen LogP contribution in [0.2, 0.25) is 0 Å². The van der Waals surface area contributed by atoms with Crippen LogP contribution in [-0.2, 0) is 6.42 Å². The first-order chi connectivity index (χ1) is 6.22. The minimum atomic E-state index is -0.0742. The molecule has 1 aromatic rings. The summed E-state index contributed by atoms with van der Waals surface area (Å²) >= 11 is 0. The minimum absolute atomic E-state index is 0.0742. The van der Waals surface area contributed by atoms with Crippen LogP contribution < -0.4 is 11.1 Å². The van der Waals surface area contributed by atoms with E-state index in [9.17, 15) is 0 Å².